The Morgan fingerprint density at radius 1 is 0.882 bits per heavy atom. The molecule has 3 aromatic carbocycles. The third kappa shape index (κ3) is 4.28. The lowest BCUT2D eigenvalue weighted by atomic mass is 9.88. The number of nitrogens with one attached hydrogen (secondary N) is 3. The predicted molar refractivity (Wildman–Crippen MR) is 136 cm³/mol. The molecule has 4 aromatic rings. The number of hydrogen-bond acceptors (Lipinski definition) is 5. The van der Waals surface area contributed by atoms with Gasteiger partial charge in [-0.05, 0) is 35.4 Å². The lowest BCUT2D eigenvalue weighted by Crippen LogP contribution is -2.25. The van der Waals surface area contributed by atoms with E-state index in [1.54, 1.807) is 11.3 Å². The molecule has 0 spiro atoms. The van der Waals surface area contributed by atoms with Crippen molar-refractivity contribution in [2.24, 2.45) is 5.92 Å². The zero-order chi connectivity index (χ0) is 23.5. The molecule has 1 aliphatic heterocycles. The minimum absolute atomic E-state index is 0.0691. The van der Waals surface area contributed by atoms with Crippen molar-refractivity contribution in [1.29, 1.82) is 10.8 Å². The van der Waals surface area contributed by atoms with Crippen LogP contribution in [0.15, 0.2) is 97.1 Å². The highest BCUT2D eigenvalue weighted by molar-refractivity contribution is 7.15. The largest absolute Gasteiger partial charge is 0.488 e. The molecule has 1 amide bonds. The van der Waals surface area contributed by atoms with Crippen molar-refractivity contribution in [2.45, 2.75) is 12.6 Å². The van der Waals surface area contributed by atoms with Crippen LogP contribution in [0.4, 0.5) is 0 Å². The number of carbonyl (C=O) groups excluding carboxylic acids is 1. The summed E-state index contributed by atoms with van der Waals surface area (Å²) >= 11 is 1.55. The molecule has 2 atom stereocenters. The molecular weight excluding hydrogens is 442 g/mol. The fourth-order valence-electron chi connectivity index (χ4n) is 4.15. The summed E-state index contributed by atoms with van der Waals surface area (Å²) in [5.74, 6) is -0.264. The van der Waals surface area contributed by atoms with Gasteiger partial charge in [0, 0.05) is 15.3 Å². The smallest absolute Gasteiger partial charge is 0.266 e. The van der Waals surface area contributed by atoms with Crippen LogP contribution in [0.2, 0.25) is 0 Å². The Bertz CT molecular complexity index is 1350. The van der Waals surface area contributed by atoms with Crippen molar-refractivity contribution < 1.29 is 9.53 Å². The maximum absolute atomic E-state index is 12.4. The summed E-state index contributed by atoms with van der Waals surface area (Å²) in [6, 6.07) is 30.8. The Labute approximate surface area is 202 Å². The number of benzene rings is 3. The van der Waals surface area contributed by atoms with Gasteiger partial charge in [0.2, 0.25) is 0 Å². The quantitative estimate of drug-likeness (QED) is 0.298. The molecule has 5 nitrogen and oxygen atoms in total. The second-order valence-electron chi connectivity index (χ2n) is 8.09. The standard InChI is InChI=1S/C28H23N3O2S/c29-25(19-11-5-2-6-12-19)24-26(30)28(32)31-27(24)23-16-15-22(34-23)20-13-7-8-14-21(20)33-17-18-9-3-1-4-10-18/h1-16,24,27,29-30H,17H2,(H,31,32). The molecule has 6 heteroatoms. The Hall–Kier alpha value is -4.03. The summed E-state index contributed by atoms with van der Waals surface area (Å²) in [4.78, 5) is 14.3. The van der Waals surface area contributed by atoms with Gasteiger partial charge in [0.05, 0.1) is 17.7 Å². The van der Waals surface area contributed by atoms with Crippen LogP contribution in [-0.4, -0.2) is 17.3 Å². The lowest BCUT2D eigenvalue weighted by Gasteiger charge is -2.18. The maximum Gasteiger partial charge on any atom is 0.266 e. The van der Waals surface area contributed by atoms with Gasteiger partial charge in [-0.2, -0.15) is 0 Å². The fourth-order valence-corrected chi connectivity index (χ4v) is 5.28. The van der Waals surface area contributed by atoms with Gasteiger partial charge >= 0.3 is 0 Å². The Balaban J connectivity index is 1.42. The van der Waals surface area contributed by atoms with Crippen LogP contribution in [0.5, 0.6) is 5.75 Å². The average molecular weight is 466 g/mol. The van der Waals surface area contributed by atoms with E-state index in [4.69, 9.17) is 15.6 Å². The molecule has 0 aliphatic carbocycles. The SMILES string of the molecule is N=C1C(=O)NC(c2ccc(-c3ccccc3OCc3ccccc3)s2)C1C(=N)c1ccccc1. The Kier molecular flexibility index (Phi) is 6.06. The van der Waals surface area contributed by atoms with Crippen molar-refractivity contribution in [3.63, 3.8) is 0 Å². The van der Waals surface area contributed by atoms with Gasteiger partial charge in [0.25, 0.3) is 5.91 Å². The predicted octanol–water partition coefficient (Wildman–Crippen LogP) is 5.87. The van der Waals surface area contributed by atoms with Crippen molar-refractivity contribution in [3.8, 4) is 16.2 Å². The van der Waals surface area contributed by atoms with Crippen LogP contribution in [0.1, 0.15) is 22.0 Å². The molecule has 1 fully saturated rings. The van der Waals surface area contributed by atoms with Crippen LogP contribution in [0, 0.1) is 16.7 Å². The van der Waals surface area contributed by atoms with E-state index in [9.17, 15) is 4.79 Å². The molecule has 0 saturated carbocycles. The van der Waals surface area contributed by atoms with Crippen molar-refractivity contribution in [1.82, 2.24) is 5.32 Å². The molecule has 0 radical (unpaired) electrons. The van der Waals surface area contributed by atoms with Gasteiger partial charge in [-0.3, -0.25) is 10.2 Å². The van der Waals surface area contributed by atoms with Crippen LogP contribution in [0.3, 0.4) is 0 Å². The number of hydrogen-bond donors (Lipinski definition) is 3. The van der Waals surface area contributed by atoms with E-state index in [2.05, 4.69) is 5.32 Å². The summed E-state index contributed by atoms with van der Waals surface area (Å²) in [5, 5.41) is 20.0. The van der Waals surface area contributed by atoms with Gasteiger partial charge < -0.3 is 15.5 Å². The maximum atomic E-state index is 12.4. The van der Waals surface area contributed by atoms with Gasteiger partial charge in [-0.25, -0.2) is 0 Å². The highest BCUT2D eigenvalue weighted by Gasteiger charge is 2.42. The van der Waals surface area contributed by atoms with Crippen LogP contribution in [0.25, 0.3) is 10.4 Å². The number of rotatable bonds is 7. The lowest BCUT2D eigenvalue weighted by molar-refractivity contribution is -0.114. The first-order valence-electron chi connectivity index (χ1n) is 11.0. The average Bonchev–Trinajstić information content (AvgIpc) is 3.48. The first-order chi connectivity index (χ1) is 16.6. The third-order valence-corrected chi connectivity index (χ3v) is 7.10. The fraction of sp³-hybridized carbons (Fsp3) is 0.107. The Morgan fingerprint density at radius 2 is 1.56 bits per heavy atom. The summed E-state index contributed by atoms with van der Waals surface area (Å²) in [6.45, 7) is 0.474. The molecule has 2 unspecified atom stereocenters. The number of ether oxygens (including phenoxy) is 1. The number of carbonyl (C=O) groups is 1. The van der Waals surface area contributed by atoms with Gasteiger partial charge in [0.1, 0.15) is 18.1 Å². The van der Waals surface area contributed by atoms with E-state index >= 15 is 0 Å². The Morgan fingerprint density at radius 3 is 2.32 bits per heavy atom. The zero-order valence-electron chi connectivity index (χ0n) is 18.3. The van der Waals surface area contributed by atoms with E-state index in [-0.39, 0.29) is 11.4 Å². The van der Waals surface area contributed by atoms with E-state index in [1.807, 2.05) is 97.1 Å². The topological polar surface area (TPSA) is 86.0 Å². The first kappa shape index (κ1) is 21.8. The molecule has 1 saturated heterocycles. The molecule has 2 heterocycles. The minimum atomic E-state index is -0.633. The van der Waals surface area contributed by atoms with Gasteiger partial charge in [-0.15, -0.1) is 11.3 Å². The second-order valence-corrected chi connectivity index (χ2v) is 9.21. The summed E-state index contributed by atoms with van der Waals surface area (Å²) in [5.41, 5.74) is 2.99. The number of para-hydroxylation sites is 1. The van der Waals surface area contributed by atoms with Crippen molar-refractivity contribution in [3.05, 3.63) is 113 Å². The molecule has 1 aromatic heterocycles. The van der Waals surface area contributed by atoms with E-state index in [1.165, 1.54) is 0 Å². The van der Waals surface area contributed by atoms with Crippen LogP contribution in [-0.2, 0) is 11.4 Å². The molecular formula is C28H23N3O2S. The first-order valence-corrected chi connectivity index (χ1v) is 11.8. The zero-order valence-corrected chi connectivity index (χ0v) is 19.1. The van der Waals surface area contributed by atoms with E-state index in [0.29, 0.717) is 6.61 Å². The molecule has 5 rings (SSSR count). The van der Waals surface area contributed by atoms with Crippen molar-refractivity contribution in [2.75, 3.05) is 0 Å². The van der Waals surface area contributed by atoms with E-state index < -0.39 is 17.9 Å². The molecule has 0 bridgehead atoms. The molecule has 34 heavy (non-hydrogen) atoms. The normalized spacial score (nSPS) is 17.4. The molecule has 168 valence electrons. The van der Waals surface area contributed by atoms with Crippen molar-refractivity contribution >= 4 is 28.7 Å². The summed E-state index contributed by atoms with van der Waals surface area (Å²) in [6.07, 6.45) is 0. The number of thiophene rings is 1. The van der Waals surface area contributed by atoms with Crippen LogP contribution >= 0.6 is 11.3 Å². The highest BCUT2D eigenvalue weighted by Crippen LogP contribution is 2.40. The third-order valence-electron chi connectivity index (χ3n) is 5.89. The summed E-state index contributed by atoms with van der Waals surface area (Å²) in [7, 11) is 0. The summed E-state index contributed by atoms with van der Waals surface area (Å²) < 4.78 is 6.13. The highest BCUT2D eigenvalue weighted by atomic mass is 32.1. The second kappa shape index (κ2) is 9.45. The van der Waals surface area contributed by atoms with Gasteiger partial charge in [0.15, 0.2) is 0 Å². The molecule has 3 N–H and O–H groups in total. The monoisotopic (exact) mass is 465 g/mol. The number of amides is 1. The van der Waals surface area contributed by atoms with Crippen LogP contribution < -0.4 is 10.1 Å². The molecule has 1 aliphatic rings. The minimum Gasteiger partial charge on any atom is -0.488 e. The van der Waals surface area contributed by atoms with Gasteiger partial charge in [-0.1, -0.05) is 72.8 Å². The van der Waals surface area contributed by atoms with E-state index in [0.717, 1.165) is 32.2 Å².